The third-order valence-electron chi connectivity index (χ3n) is 5.49. The van der Waals surface area contributed by atoms with Crippen molar-refractivity contribution in [1.29, 1.82) is 0 Å². The van der Waals surface area contributed by atoms with Gasteiger partial charge in [0.1, 0.15) is 6.61 Å². The van der Waals surface area contributed by atoms with Gasteiger partial charge < -0.3 is 15.4 Å². The molecule has 0 saturated heterocycles. The fourth-order valence-electron chi connectivity index (χ4n) is 4.21. The van der Waals surface area contributed by atoms with E-state index in [1.807, 2.05) is 18.3 Å². The van der Waals surface area contributed by atoms with Gasteiger partial charge in [0, 0.05) is 36.6 Å². The fraction of sp³-hybridized carbons (Fsp3) is 0.409. The Morgan fingerprint density at radius 2 is 2.15 bits per heavy atom. The number of aromatic nitrogens is 1. The van der Waals surface area contributed by atoms with Crippen LogP contribution in [0.3, 0.4) is 0 Å². The van der Waals surface area contributed by atoms with E-state index in [0.29, 0.717) is 12.5 Å². The summed E-state index contributed by atoms with van der Waals surface area (Å²) in [7, 11) is 2.14. The van der Waals surface area contributed by atoms with Crippen molar-refractivity contribution in [2.24, 2.45) is 0 Å². The van der Waals surface area contributed by atoms with Gasteiger partial charge in [0.05, 0.1) is 0 Å². The number of benzene rings is 1. The number of anilines is 1. The topological polar surface area (TPSA) is 51.4 Å². The summed E-state index contributed by atoms with van der Waals surface area (Å²) in [4.78, 5) is 6.71. The van der Waals surface area contributed by atoms with E-state index in [4.69, 9.17) is 10.5 Å². The van der Waals surface area contributed by atoms with Crippen LogP contribution in [0.25, 0.3) is 11.1 Å². The molecule has 26 heavy (non-hydrogen) atoms. The standard InChI is InChI=1S/C22H27N3O/c1-15-11-17-6-3-7-19(17)22(23)21(15)18-8-9-24-20(12-18)26-14-16-5-4-10-25(2)13-16/h5,8-9,11-12H,3-4,6-7,10,13-14,23H2,1-2H3. The van der Waals surface area contributed by atoms with Crippen LogP contribution in [0.1, 0.15) is 29.5 Å². The normalized spacial score (nSPS) is 17.1. The van der Waals surface area contributed by atoms with Crippen molar-refractivity contribution in [1.82, 2.24) is 9.88 Å². The highest BCUT2D eigenvalue weighted by atomic mass is 16.5. The fourth-order valence-corrected chi connectivity index (χ4v) is 4.21. The van der Waals surface area contributed by atoms with Crippen LogP contribution >= 0.6 is 0 Å². The number of nitrogens with two attached hydrogens (primary N) is 1. The third kappa shape index (κ3) is 3.34. The summed E-state index contributed by atoms with van der Waals surface area (Å²) in [5.74, 6) is 0.663. The number of pyridine rings is 1. The van der Waals surface area contributed by atoms with Crippen molar-refractivity contribution in [2.75, 3.05) is 32.5 Å². The summed E-state index contributed by atoms with van der Waals surface area (Å²) in [6.07, 6.45) is 8.63. The number of rotatable bonds is 4. The molecule has 4 nitrogen and oxygen atoms in total. The second kappa shape index (κ2) is 7.12. The number of hydrogen-bond donors (Lipinski definition) is 1. The van der Waals surface area contributed by atoms with Gasteiger partial charge >= 0.3 is 0 Å². The number of hydrogen-bond acceptors (Lipinski definition) is 4. The Morgan fingerprint density at radius 1 is 1.27 bits per heavy atom. The van der Waals surface area contributed by atoms with Gasteiger partial charge in [-0.3, -0.25) is 0 Å². The summed E-state index contributed by atoms with van der Waals surface area (Å²) in [5, 5.41) is 0. The predicted molar refractivity (Wildman–Crippen MR) is 107 cm³/mol. The first kappa shape index (κ1) is 17.1. The predicted octanol–water partition coefficient (Wildman–Crippen LogP) is 3.77. The molecule has 0 radical (unpaired) electrons. The van der Waals surface area contributed by atoms with E-state index < -0.39 is 0 Å². The molecule has 2 N–H and O–H groups in total. The van der Waals surface area contributed by atoms with Gasteiger partial charge in [0.2, 0.25) is 5.88 Å². The van der Waals surface area contributed by atoms with Gasteiger partial charge in [0.15, 0.2) is 0 Å². The molecule has 1 aromatic heterocycles. The second-order valence-corrected chi connectivity index (χ2v) is 7.53. The molecular weight excluding hydrogens is 322 g/mol. The smallest absolute Gasteiger partial charge is 0.214 e. The van der Waals surface area contributed by atoms with E-state index in [1.54, 1.807) is 0 Å². The van der Waals surface area contributed by atoms with Gasteiger partial charge in [-0.05, 0) is 73.5 Å². The maximum Gasteiger partial charge on any atom is 0.214 e. The Kier molecular flexibility index (Phi) is 4.68. The van der Waals surface area contributed by atoms with Crippen LogP contribution in [-0.2, 0) is 12.8 Å². The molecule has 4 heteroatoms. The van der Waals surface area contributed by atoms with Crippen LogP contribution in [0.15, 0.2) is 36.0 Å². The quantitative estimate of drug-likeness (QED) is 0.674. The molecule has 1 aliphatic carbocycles. The summed E-state index contributed by atoms with van der Waals surface area (Å²) in [6, 6.07) is 6.35. The van der Waals surface area contributed by atoms with Gasteiger partial charge in [-0.2, -0.15) is 0 Å². The number of nitrogen functional groups attached to an aromatic ring is 1. The maximum atomic E-state index is 6.55. The van der Waals surface area contributed by atoms with Crippen molar-refractivity contribution in [2.45, 2.75) is 32.6 Å². The summed E-state index contributed by atoms with van der Waals surface area (Å²) >= 11 is 0. The maximum absolute atomic E-state index is 6.55. The summed E-state index contributed by atoms with van der Waals surface area (Å²) < 4.78 is 5.98. The van der Waals surface area contributed by atoms with E-state index in [-0.39, 0.29) is 0 Å². The van der Waals surface area contributed by atoms with Crippen LogP contribution in [0.2, 0.25) is 0 Å². The minimum atomic E-state index is 0.597. The average Bonchev–Trinajstić information content (AvgIpc) is 3.09. The van der Waals surface area contributed by atoms with Crippen LogP contribution < -0.4 is 10.5 Å². The van der Waals surface area contributed by atoms with Crippen molar-refractivity contribution in [3.63, 3.8) is 0 Å². The van der Waals surface area contributed by atoms with E-state index >= 15 is 0 Å². The Labute approximate surface area is 155 Å². The number of fused-ring (bicyclic) bond motifs is 1. The lowest BCUT2D eigenvalue weighted by molar-refractivity contribution is 0.295. The first-order chi connectivity index (χ1) is 12.6. The van der Waals surface area contributed by atoms with Crippen LogP contribution in [-0.4, -0.2) is 36.6 Å². The van der Waals surface area contributed by atoms with Crippen molar-refractivity contribution in [3.8, 4) is 17.0 Å². The SMILES string of the molecule is Cc1cc2c(c(N)c1-c1ccnc(OCC3=CCCN(C)C3)c1)CCC2. The Balaban J connectivity index is 1.58. The van der Waals surface area contributed by atoms with E-state index in [2.05, 4.69) is 36.0 Å². The van der Waals surface area contributed by atoms with Gasteiger partial charge in [-0.25, -0.2) is 4.98 Å². The molecule has 2 aromatic rings. The first-order valence-corrected chi connectivity index (χ1v) is 9.48. The van der Waals surface area contributed by atoms with Gasteiger partial charge in [-0.1, -0.05) is 12.1 Å². The molecule has 2 aliphatic rings. The highest BCUT2D eigenvalue weighted by molar-refractivity contribution is 5.83. The molecular formula is C22H27N3O. The molecule has 0 atom stereocenters. The highest BCUT2D eigenvalue weighted by Crippen LogP contribution is 2.38. The van der Waals surface area contributed by atoms with Crippen molar-refractivity contribution in [3.05, 3.63) is 52.7 Å². The second-order valence-electron chi connectivity index (χ2n) is 7.53. The molecule has 0 spiro atoms. The summed E-state index contributed by atoms with van der Waals surface area (Å²) in [5.41, 5.74) is 15.0. The van der Waals surface area contributed by atoms with Crippen LogP contribution in [0.5, 0.6) is 5.88 Å². The molecule has 4 rings (SSSR count). The molecule has 2 heterocycles. The molecule has 0 amide bonds. The number of aryl methyl sites for hydroxylation is 2. The Bertz CT molecular complexity index is 857. The zero-order chi connectivity index (χ0) is 18.1. The lowest BCUT2D eigenvalue weighted by atomic mass is 9.93. The van der Waals surface area contributed by atoms with Gasteiger partial charge in [0.25, 0.3) is 0 Å². The molecule has 136 valence electrons. The first-order valence-electron chi connectivity index (χ1n) is 9.48. The van der Waals surface area contributed by atoms with Crippen molar-refractivity contribution >= 4 is 5.69 Å². The molecule has 0 saturated carbocycles. The van der Waals surface area contributed by atoms with Gasteiger partial charge in [-0.15, -0.1) is 0 Å². The molecule has 0 bridgehead atoms. The minimum Gasteiger partial charge on any atom is -0.473 e. The van der Waals surface area contributed by atoms with E-state index in [0.717, 1.165) is 49.2 Å². The van der Waals surface area contributed by atoms with Crippen molar-refractivity contribution < 1.29 is 4.74 Å². The molecule has 0 fully saturated rings. The van der Waals surface area contributed by atoms with Crippen LogP contribution in [0.4, 0.5) is 5.69 Å². The monoisotopic (exact) mass is 349 g/mol. The Hall–Kier alpha value is -2.33. The zero-order valence-corrected chi connectivity index (χ0v) is 15.7. The van der Waals surface area contributed by atoms with E-state index in [9.17, 15) is 0 Å². The number of ether oxygens (including phenoxy) is 1. The minimum absolute atomic E-state index is 0.597. The molecule has 1 aliphatic heterocycles. The number of likely N-dealkylation sites (N-methyl/N-ethyl adjacent to an activating group) is 1. The molecule has 1 aromatic carbocycles. The highest BCUT2D eigenvalue weighted by Gasteiger charge is 2.19. The lowest BCUT2D eigenvalue weighted by Crippen LogP contribution is -2.27. The largest absolute Gasteiger partial charge is 0.473 e. The summed E-state index contributed by atoms with van der Waals surface area (Å²) in [6.45, 7) is 4.83. The van der Waals surface area contributed by atoms with E-state index in [1.165, 1.54) is 28.7 Å². The Morgan fingerprint density at radius 3 is 3.00 bits per heavy atom. The average molecular weight is 349 g/mol. The third-order valence-corrected chi connectivity index (χ3v) is 5.49. The number of nitrogens with zero attached hydrogens (tertiary/aromatic N) is 2. The lowest BCUT2D eigenvalue weighted by Gasteiger charge is -2.22. The van der Waals surface area contributed by atoms with Crippen LogP contribution in [0, 0.1) is 6.92 Å². The zero-order valence-electron chi connectivity index (χ0n) is 15.7. The molecule has 0 unspecified atom stereocenters.